The number of nitrogens with one attached hydrogen (secondary N) is 1. The smallest absolute Gasteiger partial charge is 0.174 e. The summed E-state index contributed by atoms with van der Waals surface area (Å²) in [6, 6.07) is 18.3. The van der Waals surface area contributed by atoms with Crippen LogP contribution in [0.2, 0.25) is 0 Å². The molecule has 0 spiro atoms. The number of pyridine rings is 1. The first-order valence-corrected chi connectivity index (χ1v) is 12.7. The molecule has 190 valence electrons. The molecule has 8 nitrogen and oxygen atoms in total. The topological polar surface area (TPSA) is 106 Å². The Morgan fingerprint density at radius 2 is 1.92 bits per heavy atom. The molecule has 1 saturated carbocycles. The van der Waals surface area contributed by atoms with Gasteiger partial charge in [-0.05, 0) is 56.9 Å². The zero-order valence-corrected chi connectivity index (χ0v) is 21.5. The molecule has 0 radical (unpaired) electrons. The van der Waals surface area contributed by atoms with Crippen LogP contribution in [0.4, 0.5) is 0 Å². The van der Waals surface area contributed by atoms with E-state index in [2.05, 4.69) is 35.9 Å². The largest absolute Gasteiger partial charge is 0.382 e. The highest BCUT2D eigenvalue weighted by Crippen LogP contribution is 2.36. The van der Waals surface area contributed by atoms with Gasteiger partial charge >= 0.3 is 0 Å². The van der Waals surface area contributed by atoms with Crippen molar-refractivity contribution in [1.29, 1.82) is 0 Å². The van der Waals surface area contributed by atoms with Crippen LogP contribution in [0.1, 0.15) is 50.5 Å². The van der Waals surface area contributed by atoms with Crippen LogP contribution in [0.25, 0.3) is 22.4 Å². The molecule has 8 heteroatoms. The van der Waals surface area contributed by atoms with Gasteiger partial charge < -0.3 is 15.5 Å². The molecule has 4 aromatic rings. The Morgan fingerprint density at radius 3 is 2.59 bits per heavy atom. The second kappa shape index (κ2) is 10.9. The van der Waals surface area contributed by atoms with Gasteiger partial charge in [0.2, 0.25) is 0 Å². The highest BCUT2D eigenvalue weighted by molar-refractivity contribution is 6.13. The van der Waals surface area contributed by atoms with E-state index < -0.39 is 0 Å². The van der Waals surface area contributed by atoms with Crippen molar-refractivity contribution in [3.05, 3.63) is 84.6 Å². The molecule has 1 aliphatic carbocycles. The van der Waals surface area contributed by atoms with E-state index in [9.17, 15) is 0 Å². The maximum absolute atomic E-state index is 6.46. The number of aromatic amines is 1. The van der Waals surface area contributed by atoms with Gasteiger partial charge in [-0.25, -0.2) is 4.99 Å². The standard InChI is InChI=1S/C29H33N7O/c1-19(2)36-16-14-24(35-36)23-18-32-27(26(23)20-9-5-4-6-10-20)29(33-21-12-13-22(17-21)37-3)34-28(30)25-11-7-8-15-31-25/h4-11,14-16,18-19,21-22,32H,12-13,17H2,1-3H3,(H2,30,33,34). The molecule has 0 saturated heterocycles. The van der Waals surface area contributed by atoms with E-state index in [1.54, 1.807) is 13.3 Å². The molecule has 1 aliphatic rings. The summed E-state index contributed by atoms with van der Waals surface area (Å²) in [5.74, 6) is 0.873. The van der Waals surface area contributed by atoms with Crippen molar-refractivity contribution in [3.63, 3.8) is 0 Å². The van der Waals surface area contributed by atoms with Crippen LogP contribution in [0.15, 0.2) is 83.2 Å². The van der Waals surface area contributed by atoms with Crippen molar-refractivity contribution >= 4 is 11.7 Å². The van der Waals surface area contributed by atoms with Crippen molar-refractivity contribution in [2.45, 2.75) is 51.3 Å². The fraction of sp³-hybridized carbons (Fsp3) is 0.310. The lowest BCUT2D eigenvalue weighted by atomic mass is 9.99. The van der Waals surface area contributed by atoms with Gasteiger partial charge in [-0.15, -0.1) is 0 Å². The van der Waals surface area contributed by atoms with E-state index in [1.165, 1.54) is 0 Å². The number of hydrogen-bond acceptors (Lipinski definition) is 4. The average molecular weight is 496 g/mol. The maximum Gasteiger partial charge on any atom is 0.174 e. The van der Waals surface area contributed by atoms with Crippen molar-refractivity contribution in [2.75, 3.05) is 7.11 Å². The summed E-state index contributed by atoms with van der Waals surface area (Å²) in [5.41, 5.74) is 11.8. The Hall–Kier alpha value is -4.04. The summed E-state index contributed by atoms with van der Waals surface area (Å²) < 4.78 is 7.56. The average Bonchev–Trinajstić information content (AvgIpc) is 3.68. The van der Waals surface area contributed by atoms with Crippen LogP contribution in [0.3, 0.4) is 0 Å². The molecule has 0 amide bonds. The lowest BCUT2D eigenvalue weighted by Gasteiger charge is -2.11. The fourth-order valence-corrected chi connectivity index (χ4v) is 4.73. The third-order valence-electron chi connectivity index (χ3n) is 6.73. The fourth-order valence-electron chi connectivity index (χ4n) is 4.73. The van der Waals surface area contributed by atoms with Gasteiger partial charge in [-0.1, -0.05) is 36.4 Å². The van der Waals surface area contributed by atoms with Gasteiger partial charge in [0.05, 0.1) is 23.5 Å². The molecule has 1 aromatic carbocycles. The number of aliphatic imine (C=N–C) groups is 2. The van der Waals surface area contributed by atoms with Gasteiger partial charge in [-0.2, -0.15) is 5.10 Å². The molecule has 3 aromatic heterocycles. The van der Waals surface area contributed by atoms with Crippen molar-refractivity contribution in [1.82, 2.24) is 19.7 Å². The number of rotatable bonds is 7. The van der Waals surface area contributed by atoms with E-state index in [-0.39, 0.29) is 18.2 Å². The van der Waals surface area contributed by atoms with Gasteiger partial charge in [0.15, 0.2) is 11.7 Å². The number of nitrogens with zero attached hydrogens (tertiary/aromatic N) is 5. The Bertz CT molecular complexity index is 1390. The summed E-state index contributed by atoms with van der Waals surface area (Å²) >= 11 is 0. The normalized spacial score (nSPS) is 18.6. The van der Waals surface area contributed by atoms with Crippen LogP contribution in [-0.2, 0) is 4.74 Å². The minimum absolute atomic E-state index is 0.0933. The summed E-state index contributed by atoms with van der Waals surface area (Å²) in [6.45, 7) is 4.23. The molecule has 3 heterocycles. The van der Waals surface area contributed by atoms with Crippen LogP contribution in [0, 0.1) is 0 Å². The van der Waals surface area contributed by atoms with Crippen molar-refractivity contribution in [2.24, 2.45) is 15.7 Å². The van der Waals surface area contributed by atoms with Crippen LogP contribution in [-0.4, -0.2) is 50.7 Å². The van der Waals surface area contributed by atoms with Gasteiger partial charge in [-0.3, -0.25) is 14.7 Å². The molecule has 0 aliphatic heterocycles. The minimum atomic E-state index is 0.0933. The molecule has 5 rings (SSSR count). The van der Waals surface area contributed by atoms with Crippen LogP contribution < -0.4 is 5.73 Å². The highest BCUT2D eigenvalue weighted by Gasteiger charge is 2.27. The molecule has 0 bridgehead atoms. The van der Waals surface area contributed by atoms with Gasteiger partial charge in [0, 0.05) is 42.9 Å². The second-order valence-electron chi connectivity index (χ2n) is 9.58. The number of aromatic nitrogens is 4. The summed E-state index contributed by atoms with van der Waals surface area (Å²) in [7, 11) is 1.76. The van der Waals surface area contributed by atoms with E-state index in [0.29, 0.717) is 17.4 Å². The van der Waals surface area contributed by atoms with Gasteiger partial charge in [0.1, 0.15) is 5.69 Å². The molecule has 2 atom stereocenters. The monoisotopic (exact) mass is 495 g/mol. The first-order chi connectivity index (χ1) is 18.0. The predicted octanol–water partition coefficient (Wildman–Crippen LogP) is 5.24. The third kappa shape index (κ3) is 5.39. The SMILES string of the molecule is COC1CCC(N=C(N=C(N)c2ccccn2)c2[nH]cc(-c3ccn(C(C)C)n3)c2-c2ccccc2)C1. The Labute approximate surface area is 217 Å². The summed E-state index contributed by atoms with van der Waals surface area (Å²) in [5, 5.41) is 4.84. The number of methoxy groups -OCH3 is 1. The third-order valence-corrected chi connectivity index (χ3v) is 6.73. The summed E-state index contributed by atoms with van der Waals surface area (Å²) in [6.07, 6.45) is 8.68. The van der Waals surface area contributed by atoms with E-state index in [1.807, 2.05) is 59.5 Å². The zero-order valence-electron chi connectivity index (χ0n) is 21.5. The Morgan fingerprint density at radius 1 is 1.11 bits per heavy atom. The Balaban J connectivity index is 1.66. The Kier molecular flexibility index (Phi) is 7.28. The van der Waals surface area contributed by atoms with E-state index >= 15 is 0 Å². The molecule has 3 N–H and O–H groups in total. The lowest BCUT2D eigenvalue weighted by Crippen LogP contribution is -2.19. The number of nitrogens with two attached hydrogens (primary N) is 1. The van der Waals surface area contributed by atoms with Crippen molar-refractivity contribution in [3.8, 4) is 22.4 Å². The minimum Gasteiger partial charge on any atom is -0.382 e. The first kappa shape index (κ1) is 24.6. The molecular weight excluding hydrogens is 462 g/mol. The predicted molar refractivity (Wildman–Crippen MR) is 148 cm³/mol. The molecule has 37 heavy (non-hydrogen) atoms. The molecule has 1 fully saturated rings. The number of hydrogen-bond donors (Lipinski definition) is 2. The van der Waals surface area contributed by atoms with Crippen molar-refractivity contribution < 1.29 is 4.74 Å². The summed E-state index contributed by atoms with van der Waals surface area (Å²) in [4.78, 5) is 17.8. The number of H-pyrrole nitrogens is 1. The molecular formula is C29H33N7O. The van der Waals surface area contributed by atoms with E-state index in [4.69, 9.17) is 25.6 Å². The highest BCUT2D eigenvalue weighted by atomic mass is 16.5. The van der Waals surface area contributed by atoms with Gasteiger partial charge in [0.25, 0.3) is 0 Å². The number of amidine groups is 2. The second-order valence-corrected chi connectivity index (χ2v) is 9.58. The zero-order chi connectivity index (χ0) is 25.8. The maximum atomic E-state index is 6.46. The van der Waals surface area contributed by atoms with Crippen LogP contribution in [0.5, 0.6) is 0 Å². The molecule has 2 unspecified atom stereocenters. The quantitative estimate of drug-likeness (QED) is 0.270. The number of ether oxygens (including phenoxy) is 1. The first-order valence-electron chi connectivity index (χ1n) is 12.7. The number of benzene rings is 1. The van der Waals surface area contributed by atoms with Crippen LogP contribution >= 0.6 is 0 Å². The van der Waals surface area contributed by atoms with E-state index in [0.717, 1.165) is 47.3 Å². The lowest BCUT2D eigenvalue weighted by molar-refractivity contribution is 0.108.